The fraction of sp³-hybridized carbons (Fsp3) is 0.344. The van der Waals surface area contributed by atoms with Gasteiger partial charge in [0.25, 0.3) is 0 Å². The van der Waals surface area contributed by atoms with Crippen molar-refractivity contribution in [1.82, 2.24) is 26.3 Å². The molecule has 1 heterocycles. The number of aromatic amines is 1. The van der Waals surface area contributed by atoms with Crippen molar-refractivity contribution in [2.45, 2.75) is 56.3 Å². The number of nitrogens with two attached hydrogens (primary N) is 4. The predicted molar refractivity (Wildman–Crippen MR) is 180 cm³/mol. The molecule has 0 unspecified atom stereocenters. The lowest BCUT2D eigenvalue weighted by Gasteiger charge is -2.25. The zero-order valence-electron chi connectivity index (χ0n) is 26.7. The van der Waals surface area contributed by atoms with Crippen LogP contribution in [0.1, 0.15) is 30.4 Å². The van der Waals surface area contributed by atoms with Crippen molar-refractivity contribution in [3.8, 4) is 0 Å². The van der Waals surface area contributed by atoms with E-state index in [1.54, 1.807) is 36.5 Å². The van der Waals surface area contributed by atoms with E-state index in [1.807, 2.05) is 24.3 Å². The second-order valence-corrected chi connectivity index (χ2v) is 11.3. The Labute approximate surface area is 281 Å². The van der Waals surface area contributed by atoms with Gasteiger partial charge in [-0.25, -0.2) is 0 Å². The molecule has 0 aliphatic heterocycles. The Hall–Kier alpha value is -5.97. The molecule has 3 aromatic rings. The first-order chi connectivity index (χ1) is 23.3. The van der Waals surface area contributed by atoms with Gasteiger partial charge in [0.05, 0.1) is 19.0 Å². The molecule has 0 saturated carbocycles. The Kier molecular flexibility index (Phi) is 14.1. The highest BCUT2D eigenvalue weighted by Gasteiger charge is 2.32. The van der Waals surface area contributed by atoms with Gasteiger partial charge < -0.3 is 54.3 Å². The van der Waals surface area contributed by atoms with Crippen LogP contribution in [-0.4, -0.2) is 88.8 Å². The second kappa shape index (κ2) is 18.4. The SMILES string of the molecule is NC(=O)CNC(=O)[C@H](Cc1ccccc1)NC(=O)[C@H](CCCN=C(N)N)NC(=O)[C@H](CC(=O)O)NC(=O)[C@H](N)Cc1c[nH]c2ccccc12. The summed E-state index contributed by atoms with van der Waals surface area (Å²) in [6, 6.07) is 10.9. The van der Waals surface area contributed by atoms with Crippen LogP contribution in [0.5, 0.6) is 0 Å². The molecule has 3 rings (SSSR count). The van der Waals surface area contributed by atoms with E-state index in [0.717, 1.165) is 16.5 Å². The normalized spacial score (nSPS) is 13.2. The summed E-state index contributed by atoms with van der Waals surface area (Å²) in [7, 11) is 0. The van der Waals surface area contributed by atoms with Crippen molar-refractivity contribution in [3.63, 3.8) is 0 Å². The third-order valence-corrected chi connectivity index (χ3v) is 7.39. The van der Waals surface area contributed by atoms with Gasteiger partial charge in [-0.1, -0.05) is 48.5 Å². The average Bonchev–Trinajstić information content (AvgIpc) is 3.46. The number of fused-ring (bicyclic) bond motifs is 1. The highest BCUT2D eigenvalue weighted by molar-refractivity contribution is 5.96. The molecule has 0 saturated heterocycles. The molecule has 0 aliphatic rings. The van der Waals surface area contributed by atoms with Crippen molar-refractivity contribution < 1.29 is 33.9 Å². The smallest absolute Gasteiger partial charge is 0.305 e. The van der Waals surface area contributed by atoms with E-state index in [0.29, 0.717) is 5.56 Å². The van der Waals surface area contributed by atoms with Crippen LogP contribution >= 0.6 is 0 Å². The largest absolute Gasteiger partial charge is 0.481 e. The van der Waals surface area contributed by atoms with E-state index in [1.165, 1.54) is 0 Å². The number of rotatable bonds is 19. The summed E-state index contributed by atoms with van der Waals surface area (Å²) in [5.74, 6) is -5.65. The molecule has 0 radical (unpaired) electrons. The number of hydrogen-bond acceptors (Lipinski definition) is 8. The molecule has 4 atom stereocenters. The summed E-state index contributed by atoms with van der Waals surface area (Å²) >= 11 is 0. The molecule has 49 heavy (non-hydrogen) atoms. The molecule has 0 bridgehead atoms. The molecule has 5 amide bonds. The zero-order valence-corrected chi connectivity index (χ0v) is 26.7. The molecule has 0 spiro atoms. The minimum absolute atomic E-state index is 0.0257. The number of nitrogens with zero attached hydrogens (tertiary/aromatic N) is 1. The van der Waals surface area contributed by atoms with Crippen LogP contribution in [0.25, 0.3) is 10.9 Å². The number of H-pyrrole nitrogens is 1. The molecule has 17 nitrogen and oxygen atoms in total. The monoisotopic (exact) mass is 678 g/mol. The fourth-order valence-electron chi connectivity index (χ4n) is 4.97. The molecule has 1 aromatic heterocycles. The molecular formula is C32H42N10O7. The van der Waals surface area contributed by atoms with Gasteiger partial charge in [0, 0.05) is 30.1 Å². The first-order valence-electron chi connectivity index (χ1n) is 15.4. The predicted octanol–water partition coefficient (Wildman–Crippen LogP) is -2.14. The van der Waals surface area contributed by atoms with E-state index in [2.05, 4.69) is 31.2 Å². The van der Waals surface area contributed by atoms with Gasteiger partial charge >= 0.3 is 5.97 Å². The van der Waals surface area contributed by atoms with Crippen LogP contribution in [0.3, 0.4) is 0 Å². The highest BCUT2D eigenvalue weighted by atomic mass is 16.4. The Balaban J connectivity index is 1.78. The summed E-state index contributed by atoms with van der Waals surface area (Å²) < 4.78 is 0. The van der Waals surface area contributed by atoms with Gasteiger partial charge in [0.1, 0.15) is 18.1 Å². The minimum Gasteiger partial charge on any atom is -0.481 e. The van der Waals surface area contributed by atoms with Gasteiger partial charge in [-0.05, 0) is 36.5 Å². The lowest BCUT2D eigenvalue weighted by Crippen LogP contribution is -2.58. The van der Waals surface area contributed by atoms with Crippen LogP contribution in [0, 0.1) is 0 Å². The highest BCUT2D eigenvalue weighted by Crippen LogP contribution is 2.19. The van der Waals surface area contributed by atoms with Crippen molar-refractivity contribution in [3.05, 3.63) is 71.9 Å². The van der Waals surface area contributed by atoms with Gasteiger partial charge in [-0.3, -0.25) is 33.8 Å². The summed E-state index contributed by atoms with van der Waals surface area (Å²) in [5.41, 5.74) is 24.4. The molecule has 262 valence electrons. The number of benzene rings is 2. The maximum Gasteiger partial charge on any atom is 0.305 e. The third kappa shape index (κ3) is 12.3. The Bertz CT molecular complexity index is 1660. The lowest BCUT2D eigenvalue weighted by molar-refractivity contribution is -0.141. The maximum atomic E-state index is 13.6. The number of amides is 5. The molecule has 0 aliphatic carbocycles. The summed E-state index contributed by atoms with van der Waals surface area (Å²) in [6.07, 6.45) is 1.17. The Morgan fingerprint density at radius 3 is 2.08 bits per heavy atom. The fourth-order valence-corrected chi connectivity index (χ4v) is 4.97. The summed E-state index contributed by atoms with van der Waals surface area (Å²) in [5, 5.41) is 20.2. The van der Waals surface area contributed by atoms with Crippen LogP contribution < -0.4 is 44.2 Å². The lowest BCUT2D eigenvalue weighted by atomic mass is 10.0. The minimum atomic E-state index is -1.61. The van der Waals surface area contributed by atoms with E-state index in [-0.39, 0.29) is 38.2 Å². The van der Waals surface area contributed by atoms with Crippen LogP contribution in [0.2, 0.25) is 0 Å². The molecule has 0 fully saturated rings. The topological polar surface area (TPSA) is 303 Å². The molecule has 2 aromatic carbocycles. The zero-order chi connectivity index (χ0) is 35.9. The second-order valence-electron chi connectivity index (χ2n) is 11.3. The Morgan fingerprint density at radius 1 is 0.776 bits per heavy atom. The van der Waals surface area contributed by atoms with Crippen LogP contribution in [0.15, 0.2) is 65.8 Å². The number of carbonyl (C=O) groups excluding carboxylic acids is 5. The van der Waals surface area contributed by atoms with Crippen molar-refractivity contribution in [1.29, 1.82) is 0 Å². The molecule has 17 heteroatoms. The number of carboxylic acids is 1. The van der Waals surface area contributed by atoms with E-state index >= 15 is 0 Å². The average molecular weight is 679 g/mol. The number of para-hydroxylation sites is 1. The van der Waals surface area contributed by atoms with Gasteiger partial charge in [0.2, 0.25) is 29.5 Å². The quantitative estimate of drug-likeness (QED) is 0.0373. The van der Waals surface area contributed by atoms with Crippen LogP contribution in [-0.2, 0) is 41.6 Å². The first kappa shape index (κ1) is 37.5. The van der Waals surface area contributed by atoms with E-state index in [9.17, 15) is 33.9 Å². The Morgan fingerprint density at radius 2 is 1.41 bits per heavy atom. The molecule has 14 N–H and O–H groups in total. The van der Waals surface area contributed by atoms with Crippen molar-refractivity contribution >= 4 is 52.4 Å². The number of aliphatic imine (C=N–C) groups is 1. The first-order valence-corrected chi connectivity index (χ1v) is 15.4. The number of hydrogen-bond donors (Lipinski definition) is 10. The number of primary amides is 1. The number of aromatic nitrogens is 1. The number of carbonyl (C=O) groups is 6. The van der Waals surface area contributed by atoms with Gasteiger partial charge in [0.15, 0.2) is 5.96 Å². The number of guanidine groups is 1. The molecular weight excluding hydrogens is 636 g/mol. The number of carboxylic acid groups (broad SMARTS) is 1. The van der Waals surface area contributed by atoms with Crippen LogP contribution in [0.4, 0.5) is 0 Å². The van der Waals surface area contributed by atoms with Crippen molar-refractivity contribution in [2.75, 3.05) is 13.1 Å². The van der Waals surface area contributed by atoms with Gasteiger partial charge in [-0.2, -0.15) is 0 Å². The summed E-state index contributed by atoms with van der Waals surface area (Å²) in [4.78, 5) is 83.1. The summed E-state index contributed by atoms with van der Waals surface area (Å²) in [6.45, 7) is -0.385. The van der Waals surface area contributed by atoms with E-state index in [4.69, 9.17) is 22.9 Å². The third-order valence-electron chi connectivity index (χ3n) is 7.39. The number of aliphatic carboxylic acids is 1. The standard InChI is InChI=1S/C32H42N10O7/c33-21(14-19-16-38-22-10-5-4-9-20(19)22)28(46)41-25(15-27(44)45)31(49)40-23(11-6-12-37-32(35)36)30(48)42-24(29(47)39-17-26(34)43)13-18-7-2-1-3-8-18/h1-5,7-10,16,21,23-25,38H,6,11-15,17,33H2,(H2,34,43)(H,39,47)(H,40,49)(H,41,46)(H,42,48)(H,44,45)(H4,35,36,37)/t21-,23+,24+,25+/m1/s1. The van der Waals surface area contributed by atoms with Gasteiger partial charge in [-0.15, -0.1) is 0 Å². The van der Waals surface area contributed by atoms with E-state index < -0.39 is 72.6 Å². The maximum absolute atomic E-state index is 13.6. The van der Waals surface area contributed by atoms with Crippen molar-refractivity contribution in [2.24, 2.45) is 27.9 Å². The number of nitrogens with one attached hydrogen (secondary N) is 5.